The van der Waals surface area contributed by atoms with Gasteiger partial charge in [-0.15, -0.1) is 0 Å². The van der Waals surface area contributed by atoms with Crippen LogP contribution < -0.4 is 11.1 Å². The van der Waals surface area contributed by atoms with Gasteiger partial charge in [0.25, 0.3) is 0 Å². The normalized spacial score (nSPS) is 18.8. The van der Waals surface area contributed by atoms with Crippen molar-refractivity contribution in [3.8, 4) is 0 Å². The van der Waals surface area contributed by atoms with Crippen LogP contribution in [0.5, 0.6) is 0 Å². The molecule has 4 heteroatoms. The van der Waals surface area contributed by atoms with Crippen LogP contribution in [0.15, 0.2) is 28.7 Å². The second-order valence-electron chi connectivity index (χ2n) is 5.95. The van der Waals surface area contributed by atoms with Crippen LogP contribution >= 0.6 is 15.9 Å². The lowest BCUT2D eigenvalue weighted by atomic mass is 9.79. The van der Waals surface area contributed by atoms with Gasteiger partial charge in [-0.05, 0) is 37.5 Å². The van der Waals surface area contributed by atoms with Gasteiger partial charge in [0.1, 0.15) is 0 Å². The van der Waals surface area contributed by atoms with E-state index >= 15 is 0 Å². The smallest absolute Gasteiger partial charge is 0.221 e. The van der Waals surface area contributed by atoms with E-state index in [1.165, 1.54) is 18.4 Å². The number of amides is 1. The molecule has 1 fully saturated rings. The van der Waals surface area contributed by atoms with E-state index in [0.717, 1.165) is 23.9 Å². The summed E-state index contributed by atoms with van der Waals surface area (Å²) in [6, 6.07) is 8.43. The van der Waals surface area contributed by atoms with E-state index in [-0.39, 0.29) is 17.4 Å². The molecule has 0 spiro atoms. The van der Waals surface area contributed by atoms with Crippen LogP contribution in [0.4, 0.5) is 0 Å². The zero-order valence-electron chi connectivity index (χ0n) is 12.0. The largest absolute Gasteiger partial charge is 0.355 e. The Bertz CT molecular complexity index is 450. The standard InChI is InChI=1S/C16H23BrN2O/c1-12(18)10-15(20)19-11-16(8-2-3-9-16)13-4-6-14(17)7-5-13/h4-7,12H,2-3,8-11,18H2,1H3,(H,19,20). The van der Waals surface area contributed by atoms with Crippen LogP contribution in [0, 0.1) is 0 Å². The van der Waals surface area contributed by atoms with Crippen molar-refractivity contribution in [2.75, 3.05) is 6.54 Å². The van der Waals surface area contributed by atoms with Gasteiger partial charge in [0.2, 0.25) is 5.91 Å². The maximum atomic E-state index is 11.8. The fourth-order valence-electron chi connectivity index (χ4n) is 3.06. The average molecular weight is 339 g/mol. The molecule has 3 N–H and O–H groups in total. The predicted molar refractivity (Wildman–Crippen MR) is 85.6 cm³/mol. The zero-order chi connectivity index (χ0) is 14.6. The first-order valence-electron chi connectivity index (χ1n) is 7.30. The second kappa shape index (κ2) is 6.72. The molecule has 0 radical (unpaired) electrons. The number of carbonyl (C=O) groups is 1. The summed E-state index contributed by atoms with van der Waals surface area (Å²) in [4.78, 5) is 11.8. The number of nitrogens with two attached hydrogens (primary N) is 1. The minimum atomic E-state index is -0.0813. The summed E-state index contributed by atoms with van der Waals surface area (Å²) in [6.07, 6.45) is 5.16. The molecule has 0 saturated heterocycles. The number of hydrogen-bond donors (Lipinski definition) is 2. The minimum absolute atomic E-state index is 0.0587. The molecule has 20 heavy (non-hydrogen) atoms. The summed E-state index contributed by atoms with van der Waals surface area (Å²) in [5.41, 5.74) is 7.11. The van der Waals surface area contributed by atoms with Gasteiger partial charge in [-0.1, -0.05) is 40.9 Å². The summed E-state index contributed by atoms with van der Waals surface area (Å²) >= 11 is 3.48. The minimum Gasteiger partial charge on any atom is -0.355 e. The lowest BCUT2D eigenvalue weighted by molar-refractivity contribution is -0.121. The third-order valence-corrected chi connectivity index (χ3v) is 4.68. The zero-order valence-corrected chi connectivity index (χ0v) is 13.6. The van der Waals surface area contributed by atoms with Gasteiger partial charge in [-0.25, -0.2) is 0 Å². The highest BCUT2D eigenvalue weighted by Crippen LogP contribution is 2.40. The van der Waals surface area contributed by atoms with E-state index in [9.17, 15) is 4.79 Å². The van der Waals surface area contributed by atoms with Gasteiger partial charge < -0.3 is 11.1 Å². The quantitative estimate of drug-likeness (QED) is 0.866. The van der Waals surface area contributed by atoms with Crippen LogP contribution in [0.1, 0.15) is 44.6 Å². The molecule has 2 rings (SSSR count). The van der Waals surface area contributed by atoms with E-state index in [1.807, 2.05) is 6.92 Å². The molecule has 0 heterocycles. The van der Waals surface area contributed by atoms with Gasteiger partial charge in [0.15, 0.2) is 0 Å². The monoisotopic (exact) mass is 338 g/mol. The first-order chi connectivity index (χ1) is 9.52. The Labute approximate surface area is 129 Å². The second-order valence-corrected chi connectivity index (χ2v) is 6.87. The topological polar surface area (TPSA) is 55.1 Å². The Morgan fingerprint density at radius 2 is 1.95 bits per heavy atom. The first-order valence-corrected chi connectivity index (χ1v) is 8.09. The number of carbonyl (C=O) groups excluding carboxylic acids is 1. The van der Waals surface area contributed by atoms with Crippen molar-refractivity contribution in [2.45, 2.75) is 50.5 Å². The molecule has 1 unspecified atom stereocenters. The molecule has 1 saturated carbocycles. The van der Waals surface area contributed by atoms with Crippen molar-refractivity contribution in [1.82, 2.24) is 5.32 Å². The fraction of sp³-hybridized carbons (Fsp3) is 0.562. The third kappa shape index (κ3) is 3.83. The Morgan fingerprint density at radius 1 is 1.35 bits per heavy atom. The van der Waals surface area contributed by atoms with Crippen LogP contribution in [-0.2, 0) is 10.2 Å². The van der Waals surface area contributed by atoms with E-state index in [1.54, 1.807) is 0 Å². The van der Waals surface area contributed by atoms with Gasteiger partial charge in [0.05, 0.1) is 0 Å². The highest BCUT2D eigenvalue weighted by Gasteiger charge is 2.35. The van der Waals surface area contributed by atoms with Crippen LogP contribution in [0.3, 0.4) is 0 Å². The number of nitrogens with one attached hydrogen (secondary N) is 1. The number of halogens is 1. The van der Waals surface area contributed by atoms with Crippen molar-refractivity contribution in [1.29, 1.82) is 0 Å². The number of rotatable bonds is 5. The molecule has 3 nitrogen and oxygen atoms in total. The van der Waals surface area contributed by atoms with E-state index in [4.69, 9.17) is 5.73 Å². The van der Waals surface area contributed by atoms with E-state index in [2.05, 4.69) is 45.5 Å². The summed E-state index contributed by atoms with van der Waals surface area (Å²) in [5.74, 6) is 0.0587. The molecule has 1 aromatic rings. The molecule has 1 aliphatic carbocycles. The third-order valence-electron chi connectivity index (χ3n) is 4.15. The Balaban J connectivity index is 2.06. The highest BCUT2D eigenvalue weighted by atomic mass is 79.9. The van der Waals surface area contributed by atoms with Gasteiger partial charge in [0, 0.05) is 28.9 Å². The lowest BCUT2D eigenvalue weighted by Gasteiger charge is -2.30. The maximum absolute atomic E-state index is 11.8. The Kier molecular flexibility index (Phi) is 5.22. The Morgan fingerprint density at radius 3 is 2.50 bits per heavy atom. The highest BCUT2D eigenvalue weighted by molar-refractivity contribution is 9.10. The molecule has 1 aliphatic rings. The fourth-order valence-corrected chi connectivity index (χ4v) is 3.32. The van der Waals surface area contributed by atoms with Crippen molar-refractivity contribution in [3.05, 3.63) is 34.3 Å². The Hall–Kier alpha value is -0.870. The molecule has 1 atom stereocenters. The van der Waals surface area contributed by atoms with Crippen LogP contribution in [0.2, 0.25) is 0 Å². The molecular formula is C16H23BrN2O. The van der Waals surface area contributed by atoms with Gasteiger partial charge >= 0.3 is 0 Å². The molecule has 0 aromatic heterocycles. The summed E-state index contributed by atoms with van der Waals surface area (Å²) in [7, 11) is 0. The van der Waals surface area contributed by atoms with Crippen molar-refractivity contribution >= 4 is 21.8 Å². The molecule has 0 bridgehead atoms. The molecular weight excluding hydrogens is 316 g/mol. The molecule has 110 valence electrons. The van der Waals surface area contributed by atoms with Crippen molar-refractivity contribution in [3.63, 3.8) is 0 Å². The lowest BCUT2D eigenvalue weighted by Crippen LogP contribution is -2.40. The summed E-state index contributed by atoms with van der Waals surface area (Å²) < 4.78 is 1.09. The van der Waals surface area contributed by atoms with Gasteiger partial charge in [-0.2, -0.15) is 0 Å². The summed E-state index contributed by atoms with van der Waals surface area (Å²) in [6.45, 7) is 2.58. The van der Waals surface area contributed by atoms with Crippen LogP contribution in [-0.4, -0.2) is 18.5 Å². The van der Waals surface area contributed by atoms with E-state index in [0.29, 0.717) is 6.42 Å². The van der Waals surface area contributed by atoms with E-state index < -0.39 is 0 Å². The van der Waals surface area contributed by atoms with Crippen molar-refractivity contribution < 1.29 is 4.79 Å². The molecule has 0 aliphatic heterocycles. The number of benzene rings is 1. The molecule has 1 aromatic carbocycles. The average Bonchev–Trinajstić information content (AvgIpc) is 2.86. The SMILES string of the molecule is CC(N)CC(=O)NCC1(c2ccc(Br)cc2)CCCC1. The first kappa shape index (κ1) is 15.5. The summed E-state index contributed by atoms with van der Waals surface area (Å²) in [5, 5.41) is 3.08. The van der Waals surface area contributed by atoms with Gasteiger partial charge in [-0.3, -0.25) is 4.79 Å². The van der Waals surface area contributed by atoms with Crippen molar-refractivity contribution in [2.24, 2.45) is 5.73 Å². The number of hydrogen-bond acceptors (Lipinski definition) is 2. The molecule has 1 amide bonds. The van der Waals surface area contributed by atoms with Crippen LogP contribution in [0.25, 0.3) is 0 Å². The maximum Gasteiger partial charge on any atom is 0.221 e. The predicted octanol–water partition coefficient (Wildman–Crippen LogP) is 3.11.